The molecule has 0 aromatic rings. The molecule has 1 heterocycles. The standard InChI is InChI=1S/C49H95NO8/c1-3-5-7-9-11-13-15-17-19-21-22-23-25-27-29-31-33-35-37-39-45(53)50-42(41-57-49-48(56)47(55)46(54)44(40-51)58-49)43(52)38-36-34-32-30-28-26-24-20-18-16-14-12-10-8-6-4-2/h21-22,42-44,46-49,51-52,54-56H,3-20,23-41H2,1-2H3,(H,50,53)/b22-21-. The zero-order chi connectivity index (χ0) is 42.3. The number of nitrogens with one attached hydrogen (secondary N) is 1. The van der Waals surface area contributed by atoms with E-state index in [1.165, 1.54) is 173 Å². The van der Waals surface area contributed by atoms with Crippen molar-refractivity contribution in [2.45, 2.75) is 281 Å². The lowest BCUT2D eigenvalue weighted by atomic mass is 9.99. The number of hydrogen-bond donors (Lipinski definition) is 6. The number of amides is 1. The second-order valence-corrected chi connectivity index (χ2v) is 17.6. The van der Waals surface area contributed by atoms with E-state index >= 15 is 0 Å². The van der Waals surface area contributed by atoms with Gasteiger partial charge in [-0.15, -0.1) is 0 Å². The van der Waals surface area contributed by atoms with Crippen molar-refractivity contribution in [2.24, 2.45) is 0 Å². The first-order chi connectivity index (χ1) is 28.3. The molecule has 1 amide bonds. The predicted molar refractivity (Wildman–Crippen MR) is 240 cm³/mol. The van der Waals surface area contributed by atoms with E-state index in [-0.39, 0.29) is 12.5 Å². The zero-order valence-corrected chi connectivity index (χ0v) is 37.8. The van der Waals surface area contributed by atoms with E-state index in [1.54, 1.807) is 0 Å². The molecular weight excluding hydrogens is 731 g/mol. The summed E-state index contributed by atoms with van der Waals surface area (Å²) in [6.07, 6.45) is 39.3. The highest BCUT2D eigenvalue weighted by Gasteiger charge is 2.44. The van der Waals surface area contributed by atoms with Crippen molar-refractivity contribution in [3.63, 3.8) is 0 Å². The lowest BCUT2D eigenvalue weighted by Crippen LogP contribution is -2.60. The summed E-state index contributed by atoms with van der Waals surface area (Å²) in [4.78, 5) is 13.0. The maximum Gasteiger partial charge on any atom is 0.220 e. The summed E-state index contributed by atoms with van der Waals surface area (Å²) in [5.74, 6) is -0.146. The molecule has 0 radical (unpaired) electrons. The van der Waals surface area contributed by atoms with E-state index in [2.05, 4.69) is 31.3 Å². The van der Waals surface area contributed by atoms with Crippen LogP contribution in [0, 0.1) is 0 Å². The molecule has 0 aromatic heterocycles. The van der Waals surface area contributed by atoms with Crippen LogP contribution in [0.25, 0.3) is 0 Å². The molecule has 1 rings (SSSR count). The highest BCUT2D eigenvalue weighted by Crippen LogP contribution is 2.23. The van der Waals surface area contributed by atoms with Gasteiger partial charge in [-0.05, 0) is 38.5 Å². The Morgan fingerprint density at radius 1 is 0.569 bits per heavy atom. The molecule has 58 heavy (non-hydrogen) atoms. The molecule has 9 nitrogen and oxygen atoms in total. The number of aliphatic hydroxyl groups is 5. The normalized spacial score (nSPS) is 20.8. The van der Waals surface area contributed by atoms with Crippen molar-refractivity contribution in [2.75, 3.05) is 13.2 Å². The summed E-state index contributed by atoms with van der Waals surface area (Å²) >= 11 is 0. The number of aliphatic hydroxyl groups excluding tert-OH is 5. The van der Waals surface area contributed by atoms with Crippen LogP contribution < -0.4 is 5.32 Å². The maximum absolute atomic E-state index is 13.0. The Balaban J connectivity index is 2.29. The smallest absolute Gasteiger partial charge is 0.220 e. The Labute approximate surface area is 356 Å². The molecule has 0 saturated carbocycles. The van der Waals surface area contributed by atoms with Crippen LogP contribution in [-0.4, -0.2) is 87.5 Å². The third-order valence-corrected chi connectivity index (χ3v) is 12.1. The first-order valence-corrected chi connectivity index (χ1v) is 24.9. The molecule has 1 saturated heterocycles. The molecule has 344 valence electrons. The second kappa shape index (κ2) is 40.0. The molecule has 7 atom stereocenters. The van der Waals surface area contributed by atoms with Crippen molar-refractivity contribution in [3.8, 4) is 0 Å². The van der Waals surface area contributed by atoms with Crippen LogP contribution >= 0.6 is 0 Å². The third-order valence-electron chi connectivity index (χ3n) is 12.1. The SMILES string of the molecule is CCCCCCCCCC/C=C\CCCCCCCCCC(=O)NC(COC1OC(CO)C(O)C(O)C1O)C(O)CCCCCCCCCCCCCCCCCC. The van der Waals surface area contributed by atoms with Gasteiger partial charge in [-0.1, -0.05) is 206 Å². The van der Waals surface area contributed by atoms with Crippen LogP contribution in [0.15, 0.2) is 12.2 Å². The molecule has 1 aliphatic rings. The molecule has 0 aromatic carbocycles. The number of carbonyl (C=O) groups excluding carboxylic acids is 1. The summed E-state index contributed by atoms with van der Waals surface area (Å²) in [5.41, 5.74) is 0. The molecule has 9 heteroatoms. The first-order valence-electron chi connectivity index (χ1n) is 24.9. The molecular formula is C49H95NO8. The summed E-state index contributed by atoms with van der Waals surface area (Å²) < 4.78 is 11.3. The Kier molecular flexibility index (Phi) is 37.9. The van der Waals surface area contributed by atoms with E-state index < -0.39 is 49.5 Å². The molecule has 0 bridgehead atoms. The number of rotatable bonds is 42. The Bertz CT molecular complexity index is 919. The summed E-state index contributed by atoms with van der Waals surface area (Å²) in [5, 5.41) is 54.4. The van der Waals surface area contributed by atoms with Crippen LogP contribution in [-0.2, 0) is 14.3 Å². The lowest BCUT2D eigenvalue weighted by molar-refractivity contribution is -0.302. The van der Waals surface area contributed by atoms with E-state index in [0.29, 0.717) is 12.8 Å². The van der Waals surface area contributed by atoms with Crippen molar-refractivity contribution in [1.82, 2.24) is 5.32 Å². The minimum Gasteiger partial charge on any atom is -0.394 e. The molecule has 0 spiro atoms. The minimum atomic E-state index is -1.55. The number of hydrogen-bond acceptors (Lipinski definition) is 8. The summed E-state index contributed by atoms with van der Waals surface area (Å²) in [6.45, 7) is 3.85. The lowest BCUT2D eigenvalue weighted by Gasteiger charge is -2.40. The van der Waals surface area contributed by atoms with E-state index in [1.807, 2.05) is 0 Å². The van der Waals surface area contributed by atoms with Crippen LogP contribution in [0.5, 0.6) is 0 Å². The van der Waals surface area contributed by atoms with Gasteiger partial charge < -0.3 is 40.3 Å². The van der Waals surface area contributed by atoms with Gasteiger partial charge in [0, 0.05) is 6.42 Å². The second-order valence-electron chi connectivity index (χ2n) is 17.6. The van der Waals surface area contributed by atoms with Gasteiger partial charge in [-0.25, -0.2) is 0 Å². The molecule has 1 fully saturated rings. The Hall–Kier alpha value is -1.07. The average molecular weight is 826 g/mol. The minimum absolute atomic E-state index is 0.136. The van der Waals surface area contributed by atoms with E-state index in [4.69, 9.17) is 9.47 Å². The van der Waals surface area contributed by atoms with Crippen LogP contribution in [0.2, 0.25) is 0 Å². The van der Waals surface area contributed by atoms with Gasteiger partial charge in [0.25, 0.3) is 0 Å². The quantitative estimate of drug-likeness (QED) is 0.0263. The van der Waals surface area contributed by atoms with Gasteiger partial charge >= 0.3 is 0 Å². The monoisotopic (exact) mass is 826 g/mol. The summed E-state index contributed by atoms with van der Waals surface area (Å²) in [7, 11) is 0. The first kappa shape index (κ1) is 54.9. The topological polar surface area (TPSA) is 149 Å². The largest absolute Gasteiger partial charge is 0.394 e. The molecule has 0 aliphatic carbocycles. The molecule has 1 aliphatic heterocycles. The predicted octanol–water partition coefficient (Wildman–Crippen LogP) is 10.9. The number of carbonyl (C=O) groups is 1. The van der Waals surface area contributed by atoms with Gasteiger partial charge in [-0.2, -0.15) is 0 Å². The van der Waals surface area contributed by atoms with Gasteiger partial charge in [0.05, 0.1) is 25.4 Å². The van der Waals surface area contributed by atoms with Crippen molar-refractivity contribution >= 4 is 5.91 Å². The third kappa shape index (κ3) is 30.0. The van der Waals surface area contributed by atoms with Crippen LogP contribution in [0.4, 0.5) is 0 Å². The zero-order valence-electron chi connectivity index (χ0n) is 37.8. The Morgan fingerprint density at radius 2 is 0.966 bits per heavy atom. The van der Waals surface area contributed by atoms with Crippen LogP contribution in [0.3, 0.4) is 0 Å². The fourth-order valence-electron chi connectivity index (χ4n) is 8.10. The highest BCUT2D eigenvalue weighted by molar-refractivity contribution is 5.76. The van der Waals surface area contributed by atoms with E-state index in [9.17, 15) is 30.3 Å². The van der Waals surface area contributed by atoms with Gasteiger partial charge in [0.1, 0.15) is 24.4 Å². The number of unbranched alkanes of at least 4 members (excludes halogenated alkanes) is 30. The summed E-state index contributed by atoms with van der Waals surface area (Å²) in [6, 6.07) is -0.717. The van der Waals surface area contributed by atoms with E-state index in [0.717, 1.165) is 38.5 Å². The van der Waals surface area contributed by atoms with Crippen molar-refractivity contribution in [1.29, 1.82) is 0 Å². The van der Waals surface area contributed by atoms with Gasteiger partial charge in [0.2, 0.25) is 5.91 Å². The fourth-order valence-corrected chi connectivity index (χ4v) is 8.10. The molecule has 7 unspecified atom stereocenters. The average Bonchev–Trinajstić information content (AvgIpc) is 3.22. The maximum atomic E-state index is 13.0. The van der Waals surface area contributed by atoms with Gasteiger partial charge in [-0.3, -0.25) is 4.79 Å². The highest BCUT2D eigenvalue weighted by atomic mass is 16.7. The molecule has 6 N–H and O–H groups in total. The number of allylic oxidation sites excluding steroid dienone is 2. The van der Waals surface area contributed by atoms with Gasteiger partial charge in [0.15, 0.2) is 6.29 Å². The number of ether oxygens (including phenoxy) is 2. The van der Waals surface area contributed by atoms with Crippen molar-refractivity contribution < 1.29 is 39.8 Å². The van der Waals surface area contributed by atoms with Crippen LogP contribution in [0.1, 0.15) is 239 Å². The van der Waals surface area contributed by atoms with Crippen molar-refractivity contribution in [3.05, 3.63) is 12.2 Å². The fraction of sp³-hybridized carbons (Fsp3) is 0.939. The Morgan fingerprint density at radius 3 is 1.40 bits per heavy atom.